The second-order valence-corrected chi connectivity index (χ2v) is 9.25. The number of halogens is 2. The van der Waals surface area contributed by atoms with Gasteiger partial charge in [0.15, 0.2) is 0 Å². The maximum Gasteiger partial charge on any atom is 0.252 e. The van der Waals surface area contributed by atoms with Gasteiger partial charge in [0, 0.05) is 19.7 Å². The lowest BCUT2D eigenvalue weighted by Gasteiger charge is -2.21. The van der Waals surface area contributed by atoms with Crippen molar-refractivity contribution in [3.05, 3.63) is 14.9 Å². The summed E-state index contributed by atoms with van der Waals surface area (Å²) in [5.41, 5.74) is 0. The molecule has 2 rings (SSSR count). The molecule has 0 aliphatic carbocycles. The first-order chi connectivity index (χ1) is 8.95. The van der Waals surface area contributed by atoms with E-state index in [0.29, 0.717) is 28.5 Å². The van der Waals surface area contributed by atoms with E-state index in [2.05, 4.69) is 15.9 Å². The fourth-order valence-electron chi connectivity index (χ4n) is 1.91. The Morgan fingerprint density at radius 2 is 2.37 bits per heavy atom. The molecule has 1 saturated heterocycles. The molecule has 0 N–H and O–H groups in total. The summed E-state index contributed by atoms with van der Waals surface area (Å²) >= 11 is 10.3. The van der Waals surface area contributed by atoms with Crippen molar-refractivity contribution in [2.45, 2.75) is 30.1 Å². The minimum Gasteiger partial charge on any atom is -0.377 e. The third-order valence-electron chi connectivity index (χ3n) is 2.98. The summed E-state index contributed by atoms with van der Waals surface area (Å²) in [5.74, 6) is 0. The van der Waals surface area contributed by atoms with E-state index in [0.717, 1.165) is 24.2 Å². The summed E-state index contributed by atoms with van der Waals surface area (Å²) in [7, 11) is -3.47. The van der Waals surface area contributed by atoms with Gasteiger partial charge in [-0.1, -0.05) is 18.5 Å². The molecule has 4 nitrogen and oxygen atoms in total. The van der Waals surface area contributed by atoms with Crippen LogP contribution in [0.2, 0.25) is 5.02 Å². The topological polar surface area (TPSA) is 46.6 Å². The number of sulfonamides is 1. The number of hydrogen-bond donors (Lipinski definition) is 0. The summed E-state index contributed by atoms with van der Waals surface area (Å²) < 4.78 is 33.2. The third kappa shape index (κ3) is 3.51. The highest BCUT2D eigenvalue weighted by atomic mass is 79.9. The molecular weight excluding hydrogens is 374 g/mol. The number of nitrogens with zero attached hydrogens (tertiary/aromatic N) is 1. The van der Waals surface area contributed by atoms with Crippen molar-refractivity contribution in [1.29, 1.82) is 0 Å². The van der Waals surface area contributed by atoms with Gasteiger partial charge in [-0.25, -0.2) is 8.42 Å². The van der Waals surface area contributed by atoms with Gasteiger partial charge in [-0.05, 0) is 34.8 Å². The molecule has 19 heavy (non-hydrogen) atoms. The Bertz CT molecular complexity index is 527. The Labute approximate surface area is 130 Å². The van der Waals surface area contributed by atoms with Crippen molar-refractivity contribution in [2.75, 3.05) is 19.7 Å². The molecule has 1 aromatic heterocycles. The molecule has 1 fully saturated rings. The predicted molar refractivity (Wildman–Crippen MR) is 80.4 cm³/mol. The van der Waals surface area contributed by atoms with Gasteiger partial charge in [0.05, 0.1) is 14.9 Å². The van der Waals surface area contributed by atoms with Crippen molar-refractivity contribution >= 4 is 48.9 Å². The maximum absolute atomic E-state index is 12.6. The first kappa shape index (κ1) is 15.7. The van der Waals surface area contributed by atoms with Gasteiger partial charge in [-0.3, -0.25) is 0 Å². The van der Waals surface area contributed by atoms with Crippen LogP contribution in [0.1, 0.15) is 19.8 Å². The molecular formula is C11H15BrClNO3S2. The van der Waals surface area contributed by atoms with Gasteiger partial charge in [-0.15, -0.1) is 11.3 Å². The van der Waals surface area contributed by atoms with E-state index in [1.807, 2.05) is 6.92 Å². The first-order valence-electron chi connectivity index (χ1n) is 6.01. The largest absolute Gasteiger partial charge is 0.377 e. The number of ether oxygens (including phenoxy) is 1. The van der Waals surface area contributed by atoms with Gasteiger partial charge in [0.2, 0.25) is 0 Å². The van der Waals surface area contributed by atoms with Crippen molar-refractivity contribution < 1.29 is 13.2 Å². The zero-order valence-corrected chi connectivity index (χ0v) is 14.4. The standard InChI is InChI=1S/C11H15BrClNO3S2/c1-2-8-7-14(4-3-5-17-8)19(15,16)10-6-9(13)11(12)18-10/h6,8H,2-5,7H2,1H3. The van der Waals surface area contributed by atoms with E-state index >= 15 is 0 Å². The lowest BCUT2D eigenvalue weighted by atomic mass is 10.3. The highest BCUT2D eigenvalue weighted by Crippen LogP contribution is 2.36. The van der Waals surface area contributed by atoms with E-state index in [-0.39, 0.29) is 10.3 Å². The van der Waals surface area contributed by atoms with Gasteiger partial charge < -0.3 is 4.74 Å². The molecule has 1 atom stereocenters. The SMILES string of the molecule is CCC1CN(S(=O)(=O)c2cc(Cl)c(Br)s2)CCCO1. The molecule has 1 aliphatic heterocycles. The first-order valence-corrected chi connectivity index (χ1v) is 9.44. The number of thiophene rings is 1. The zero-order valence-electron chi connectivity index (χ0n) is 10.4. The maximum atomic E-state index is 12.6. The molecule has 108 valence electrons. The van der Waals surface area contributed by atoms with Crippen molar-refractivity contribution in [3.8, 4) is 0 Å². The summed E-state index contributed by atoms with van der Waals surface area (Å²) in [4.78, 5) is 0. The fraction of sp³-hybridized carbons (Fsp3) is 0.636. The van der Waals surface area contributed by atoms with Crippen LogP contribution in [0, 0.1) is 0 Å². The second kappa shape index (κ2) is 6.41. The van der Waals surface area contributed by atoms with Crippen LogP contribution >= 0.6 is 38.9 Å². The van der Waals surface area contributed by atoms with Gasteiger partial charge in [0.25, 0.3) is 10.0 Å². The summed E-state index contributed by atoms with van der Waals surface area (Å²) in [5, 5.41) is 0.432. The molecule has 0 bridgehead atoms. The monoisotopic (exact) mass is 387 g/mol. The predicted octanol–water partition coefficient (Wildman–Crippen LogP) is 3.35. The number of rotatable bonds is 3. The minimum atomic E-state index is -3.47. The average molecular weight is 389 g/mol. The molecule has 1 aromatic rings. The van der Waals surface area contributed by atoms with Crippen LogP contribution in [0.4, 0.5) is 0 Å². The Morgan fingerprint density at radius 1 is 1.63 bits per heavy atom. The zero-order chi connectivity index (χ0) is 14.0. The molecule has 2 heterocycles. The quantitative estimate of drug-likeness (QED) is 0.797. The van der Waals surface area contributed by atoms with Crippen molar-refractivity contribution in [2.24, 2.45) is 0 Å². The van der Waals surface area contributed by atoms with E-state index < -0.39 is 10.0 Å². The molecule has 0 aromatic carbocycles. The van der Waals surface area contributed by atoms with Crippen LogP contribution in [0.15, 0.2) is 14.1 Å². The number of hydrogen-bond acceptors (Lipinski definition) is 4. The molecule has 0 spiro atoms. The molecule has 1 unspecified atom stereocenters. The van der Waals surface area contributed by atoms with E-state index in [1.54, 1.807) is 0 Å². The Morgan fingerprint density at radius 3 is 2.95 bits per heavy atom. The van der Waals surface area contributed by atoms with Crippen LogP contribution in [-0.2, 0) is 14.8 Å². The van der Waals surface area contributed by atoms with Crippen LogP contribution in [0.3, 0.4) is 0 Å². The molecule has 0 radical (unpaired) electrons. The lowest BCUT2D eigenvalue weighted by molar-refractivity contribution is 0.0593. The molecule has 0 saturated carbocycles. The Balaban J connectivity index is 2.27. The smallest absolute Gasteiger partial charge is 0.252 e. The average Bonchev–Trinajstić information content (AvgIpc) is 2.61. The van der Waals surface area contributed by atoms with Crippen molar-refractivity contribution in [3.63, 3.8) is 0 Å². The molecule has 1 aliphatic rings. The molecule has 0 amide bonds. The summed E-state index contributed by atoms with van der Waals surface area (Å²) in [6.07, 6.45) is 1.49. The van der Waals surface area contributed by atoms with E-state index in [9.17, 15) is 8.42 Å². The van der Waals surface area contributed by atoms with Crippen LogP contribution < -0.4 is 0 Å². The second-order valence-electron chi connectivity index (χ2n) is 4.30. The molecule has 8 heteroatoms. The van der Waals surface area contributed by atoms with Gasteiger partial charge >= 0.3 is 0 Å². The van der Waals surface area contributed by atoms with Crippen LogP contribution in [-0.4, -0.2) is 38.5 Å². The van der Waals surface area contributed by atoms with Crippen LogP contribution in [0.25, 0.3) is 0 Å². The summed E-state index contributed by atoms with van der Waals surface area (Å²) in [6, 6.07) is 1.50. The Hall–Kier alpha value is 0.340. The normalized spacial score (nSPS) is 22.4. The summed E-state index contributed by atoms with van der Waals surface area (Å²) in [6.45, 7) is 3.51. The van der Waals surface area contributed by atoms with Gasteiger partial charge in [-0.2, -0.15) is 4.31 Å². The lowest BCUT2D eigenvalue weighted by Crippen LogP contribution is -2.36. The fourth-order valence-corrected chi connectivity index (χ4v) is 5.97. The van der Waals surface area contributed by atoms with Crippen LogP contribution in [0.5, 0.6) is 0 Å². The Kier molecular flexibility index (Phi) is 5.30. The minimum absolute atomic E-state index is 0.0313. The van der Waals surface area contributed by atoms with E-state index in [1.165, 1.54) is 10.4 Å². The van der Waals surface area contributed by atoms with Gasteiger partial charge in [0.1, 0.15) is 4.21 Å². The van der Waals surface area contributed by atoms with Crippen molar-refractivity contribution in [1.82, 2.24) is 4.31 Å². The highest BCUT2D eigenvalue weighted by molar-refractivity contribution is 9.11. The highest BCUT2D eigenvalue weighted by Gasteiger charge is 2.30. The van der Waals surface area contributed by atoms with E-state index in [4.69, 9.17) is 16.3 Å². The third-order valence-corrected chi connectivity index (χ3v) is 7.77.